The largest absolute Gasteiger partial charge is 0.476 e. The molecule has 2 rings (SSSR count). The zero-order valence-electron chi connectivity index (χ0n) is 12.0. The fourth-order valence-electron chi connectivity index (χ4n) is 2.36. The van der Waals surface area contributed by atoms with Crippen LogP contribution < -0.4 is 15.2 Å². The second-order valence-corrected chi connectivity index (χ2v) is 5.81. The average molecular weight is 265 g/mol. The first-order chi connectivity index (χ1) is 9.02. The van der Waals surface area contributed by atoms with Crippen LogP contribution in [0, 0.1) is 5.41 Å². The molecule has 0 bridgehead atoms. The van der Waals surface area contributed by atoms with E-state index in [0.29, 0.717) is 29.5 Å². The van der Waals surface area contributed by atoms with Gasteiger partial charge in [-0.05, 0) is 38.0 Å². The summed E-state index contributed by atoms with van der Waals surface area (Å²) < 4.78 is 11.3. The highest BCUT2D eigenvalue weighted by Gasteiger charge is 2.28. The van der Waals surface area contributed by atoms with E-state index in [4.69, 9.17) is 15.2 Å². The number of hydrogen-bond acceptors (Lipinski definition) is 5. The van der Waals surface area contributed by atoms with E-state index in [1.165, 1.54) is 19.2 Å². The third-order valence-electron chi connectivity index (χ3n) is 3.66. The van der Waals surface area contributed by atoms with Crippen LogP contribution in [0.15, 0.2) is 6.33 Å². The van der Waals surface area contributed by atoms with Crippen molar-refractivity contribution in [1.29, 1.82) is 0 Å². The molecule has 0 spiro atoms. The Morgan fingerprint density at radius 3 is 2.53 bits per heavy atom. The van der Waals surface area contributed by atoms with Gasteiger partial charge in [-0.2, -0.15) is 9.97 Å². The standard InChI is InChI=1S/C14H23N3O2/c1-4-18-12-11(15)13(17-9-16-12)19-10-5-7-14(2,3)8-6-10/h9-10H,4-8,15H2,1-3H3. The summed E-state index contributed by atoms with van der Waals surface area (Å²) >= 11 is 0. The minimum atomic E-state index is 0.194. The monoisotopic (exact) mass is 265 g/mol. The summed E-state index contributed by atoms with van der Waals surface area (Å²) in [6.45, 7) is 7.02. The highest BCUT2D eigenvalue weighted by Crippen LogP contribution is 2.37. The predicted molar refractivity (Wildman–Crippen MR) is 74.3 cm³/mol. The number of rotatable bonds is 4. The Hall–Kier alpha value is -1.52. The molecular formula is C14H23N3O2. The number of aromatic nitrogens is 2. The van der Waals surface area contributed by atoms with Crippen molar-refractivity contribution < 1.29 is 9.47 Å². The molecule has 1 fully saturated rings. The van der Waals surface area contributed by atoms with E-state index in [9.17, 15) is 0 Å². The molecule has 5 nitrogen and oxygen atoms in total. The van der Waals surface area contributed by atoms with Crippen molar-refractivity contribution >= 4 is 5.69 Å². The smallest absolute Gasteiger partial charge is 0.244 e. The van der Waals surface area contributed by atoms with Gasteiger partial charge < -0.3 is 15.2 Å². The highest BCUT2D eigenvalue weighted by atomic mass is 16.5. The van der Waals surface area contributed by atoms with Gasteiger partial charge in [0.05, 0.1) is 6.61 Å². The maximum atomic E-state index is 5.96. The molecule has 0 unspecified atom stereocenters. The summed E-state index contributed by atoms with van der Waals surface area (Å²) in [4.78, 5) is 8.12. The molecule has 0 atom stereocenters. The van der Waals surface area contributed by atoms with E-state index in [2.05, 4.69) is 23.8 Å². The average Bonchev–Trinajstić information content (AvgIpc) is 2.37. The number of anilines is 1. The second kappa shape index (κ2) is 5.63. The first-order valence-corrected chi connectivity index (χ1v) is 6.92. The van der Waals surface area contributed by atoms with E-state index in [1.54, 1.807) is 0 Å². The van der Waals surface area contributed by atoms with Gasteiger partial charge in [-0.15, -0.1) is 0 Å². The van der Waals surface area contributed by atoms with Crippen LogP contribution in [0.25, 0.3) is 0 Å². The molecule has 1 aliphatic carbocycles. The zero-order valence-corrected chi connectivity index (χ0v) is 12.0. The molecule has 1 saturated carbocycles. The predicted octanol–water partition coefficient (Wildman–Crippen LogP) is 2.81. The topological polar surface area (TPSA) is 70.3 Å². The molecule has 1 heterocycles. The Balaban J connectivity index is 2.02. The Morgan fingerprint density at radius 2 is 1.89 bits per heavy atom. The first kappa shape index (κ1) is 13.9. The van der Waals surface area contributed by atoms with E-state index >= 15 is 0 Å². The lowest BCUT2D eigenvalue weighted by Gasteiger charge is -2.34. The Morgan fingerprint density at radius 1 is 1.26 bits per heavy atom. The number of ether oxygens (including phenoxy) is 2. The van der Waals surface area contributed by atoms with Gasteiger partial charge in [0.15, 0.2) is 5.69 Å². The van der Waals surface area contributed by atoms with Crippen molar-refractivity contribution in [2.75, 3.05) is 12.3 Å². The third-order valence-corrected chi connectivity index (χ3v) is 3.66. The van der Waals surface area contributed by atoms with Gasteiger partial charge in [-0.1, -0.05) is 13.8 Å². The molecule has 2 N–H and O–H groups in total. The molecule has 1 aromatic rings. The molecule has 5 heteroatoms. The molecule has 0 aliphatic heterocycles. The number of nitrogens with zero attached hydrogens (tertiary/aromatic N) is 2. The SMILES string of the molecule is CCOc1ncnc(OC2CCC(C)(C)CC2)c1N. The van der Waals surface area contributed by atoms with Crippen molar-refractivity contribution in [3.63, 3.8) is 0 Å². The Kier molecular flexibility index (Phi) is 4.12. The summed E-state index contributed by atoms with van der Waals surface area (Å²) in [6.07, 6.45) is 6.05. The Labute approximate surface area is 114 Å². The molecule has 0 amide bonds. The van der Waals surface area contributed by atoms with Gasteiger partial charge >= 0.3 is 0 Å². The van der Waals surface area contributed by atoms with Crippen molar-refractivity contribution in [2.45, 2.75) is 52.6 Å². The van der Waals surface area contributed by atoms with E-state index in [-0.39, 0.29) is 6.10 Å². The minimum absolute atomic E-state index is 0.194. The number of nitrogens with two attached hydrogens (primary N) is 1. The van der Waals surface area contributed by atoms with Crippen LogP contribution >= 0.6 is 0 Å². The maximum absolute atomic E-state index is 5.96. The molecule has 19 heavy (non-hydrogen) atoms. The van der Waals surface area contributed by atoms with Crippen LogP contribution in [0.5, 0.6) is 11.8 Å². The first-order valence-electron chi connectivity index (χ1n) is 6.92. The lowest BCUT2D eigenvalue weighted by Crippen LogP contribution is -2.28. The Bertz CT molecular complexity index is 425. The van der Waals surface area contributed by atoms with Crippen LogP contribution in [0.3, 0.4) is 0 Å². The van der Waals surface area contributed by atoms with Gasteiger partial charge in [0.2, 0.25) is 11.8 Å². The van der Waals surface area contributed by atoms with Gasteiger partial charge in [0.25, 0.3) is 0 Å². The van der Waals surface area contributed by atoms with Gasteiger partial charge in [-0.3, -0.25) is 0 Å². The molecular weight excluding hydrogens is 242 g/mol. The van der Waals surface area contributed by atoms with Gasteiger partial charge in [0, 0.05) is 0 Å². The lowest BCUT2D eigenvalue weighted by atomic mass is 9.76. The van der Waals surface area contributed by atoms with E-state index < -0.39 is 0 Å². The normalized spacial score (nSPS) is 19.1. The van der Waals surface area contributed by atoms with Crippen molar-refractivity contribution in [2.24, 2.45) is 5.41 Å². The molecule has 0 saturated heterocycles. The van der Waals surface area contributed by atoms with Crippen LogP contribution in [0.4, 0.5) is 5.69 Å². The van der Waals surface area contributed by atoms with Crippen LogP contribution in [0.1, 0.15) is 46.5 Å². The zero-order chi connectivity index (χ0) is 13.9. The third kappa shape index (κ3) is 3.49. The van der Waals surface area contributed by atoms with Gasteiger partial charge in [-0.25, -0.2) is 0 Å². The molecule has 106 valence electrons. The quantitative estimate of drug-likeness (QED) is 0.906. The molecule has 1 aromatic heterocycles. The van der Waals surface area contributed by atoms with E-state index in [0.717, 1.165) is 12.8 Å². The van der Waals surface area contributed by atoms with Gasteiger partial charge in [0.1, 0.15) is 12.4 Å². The lowest BCUT2D eigenvalue weighted by molar-refractivity contribution is 0.0951. The molecule has 0 radical (unpaired) electrons. The van der Waals surface area contributed by atoms with Crippen molar-refractivity contribution in [3.05, 3.63) is 6.33 Å². The summed E-state index contributed by atoms with van der Waals surface area (Å²) in [5.74, 6) is 0.854. The molecule has 1 aliphatic rings. The number of hydrogen-bond donors (Lipinski definition) is 1. The second-order valence-electron chi connectivity index (χ2n) is 5.81. The fraction of sp³-hybridized carbons (Fsp3) is 0.714. The molecule has 0 aromatic carbocycles. The summed E-state index contributed by atoms with van der Waals surface area (Å²) in [6, 6.07) is 0. The van der Waals surface area contributed by atoms with E-state index in [1.807, 2.05) is 6.92 Å². The van der Waals surface area contributed by atoms with Crippen LogP contribution in [-0.2, 0) is 0 Å². The fourth-order valence-corrected chi connectivity index (χ4v) is 2.36. The maximum Gasteiger partial charge on any atom is 0.244 e. The van der Waals surface area contributed by atoms with Crippen LogP contribution in [-0.4, -0.2) is 22.7 Å². The summed E-state index contributed by atoms with van der Waals surface area (Å²) in [5, 5.41) is 0. The van der Waals surface area contributed by atoms with Crippen molar-refractivity contribution in [3.8, 4) is 11.8 Å². The number of nitrogen functional groups attached to an aromatic ring is 1. The highest BCUT2D eigenvalue weighted by molar-refractivity contribution is 5.55. The van der Waals surface area contributed by atoms with Crippen LogP contribution in [0.2, 0.25) is 0 Å². The minimum Gasteiger partial charge on any atom is -0.476 e. The van der Waals surface area contributed by atoms with Crippen molar-refractivity contribution in [1.82, 2.24) is 9.97 Å². The summed E-state index contributed by atoms with van der Waals surface area (Å²) in [7, 11) is 0. The summed E-state index contributed by atoms with van der Waals surface area (Å²) in [5.41, 5.74) is 6.79.